The lowest BCUT2D eigenvalue weighted by Gasteiger charge is -2.24. The Kier molecular flexibility index (Phi) is 10.0. The summed E-state index contributed by atoms with van der Waals surface area (Å²) in [5.74, 6) is -8.72. The van der Waals surface area contributed by atoms with Crippen molar-refractivity contribution >= 4 is 55.2 Å². The van der Waals surface area contributed by atoms with E-state index in [1.165, 1.54) is 49.3 Å². The molecule has 3 aromatic carbocycles. The van der Waals surface area contributed by atoms with E-state index in [2.05, 4.69) is 25.2 Å². The standard InChI is InChI=1S/C41H32ClF6N9O5S/c1-55-35-28(9-8-25(42)32(35)38(53-55)54-63(3,60)61)57-39(51-26-14-19(6-7-22(26)40(57)59)33-29(62-2)5-4-10-49-33)27(13-18-11-20(43)15-21(44)12-18)50-30(58)17-56-36-31(34(52-56)37(45)46)23-16-24(23)41(36,47)48/h4-12,14-15,23-24,27,37H,13,16-17H2,1-3H3,(H,50,58)(H,53,54)/t23-,24+,27-/m0/s1. The van der Waals surface area contributed by atoms with Gasteiger partial charge < -0.3 is 10.1 Å². The van der Waals surface area contributed by atoms with E-state index < -0.39 is 87.7 Å². The number of hydrogen-bond donors (Lipinski definition) is 2. The minimum absolute atomic E-state index is 0.00540. The van der Waals surface area contributed by atoms with Crippen LogP contribution in [0.4, 0.5) is 32.2 Å². The number of anilines is 1. The molecule has 0 aliphatic heterocycles. The zero-order chi connectivity index (χ0) is 44.9. The number of amides is 1. The largest absolute Gasteiger partial charge is 0.494 e. The fourth-order valence-corrected chi connectivity index (χ4v) is 9.24. The number of sulfonamides is 1. The first-order chi connectivity index (χ1) is 29.8. The summed E-state index contributed by atoms with van der Waals surface area (Å²) in [4.78, 5) is 38.5. The Morgan fingerprint density at radius 3 is 2.51 bits per heavy atom. The van der Waals surface area contributed by atoms with Gasteiger partial charge in [-0.1, -0.05) is 17.7 Å². The first-order valence-corrected chi connectivity index (χ1v) is 21.3. The molecule has 4 aromatic heterocycles. The number of alkyl halides is 4. The molecule has 7 aromatic rings. The van der Waals surface area contributed by atoms with Gasteiger partial charge in [-0.25, -0.2) is 31.0 Å². The second-order valence-corrected chi connectivity index (χ2v) is 17.5. The number of methoxy groups -OCH3 is 1. The molecule has 0 spiro atoms. The SMILES string of the molecule is COc1cccnc1-c1ccc2c(=O)n(-c3ccc(Cl)c4c(NS(C)(=O)=O)nn(C)c34)c([C@H](Cc3cc(F)cc(F)c3)NC(=O)Cn3nc(C(F)F)c4c3C(F)(F)[C@@H]3C[C@H]43)nc2c1. The van der Waals surface area contributed by atoms with E-state index in [9.17, 15) is 30.8 Å². The maximum Gasteiger partial charge on any atom is 0.293 e. The van der Waals surface area contributed by atoms with Gasteiger partial charge in [-0.2, -0.15) is 19.0 Å². The van der Waals surface area contributed by atoms with Crippen LogP contribution in [0.5, 0.6) is 5.75 Å². The Hall–Kier alpha value is -6.48. The van der Waals surface area contributed by atoms with E-state index in [1.807, 2.05) is 0 Å². The van der Waals surface area contributed by atoms with Crippen molar-refractivity contribution in [1.82, 2.24) is 39.4 Å². The molecule has 1 fully saturated rings. The molecule has 63 heavy (non-hydrogen) atoms. The monoisotopic (exact) mass is 911 g/mol. The van der Waals surface area contributed by atoms with Crippen molar-refractivity contribution < 1.29 is 44.3 Å². The van der Waals surface area contributed by atoms with E-state index in [0.717, 1.165) is 23.0 Å². The molecule has 2 N–H and O–H groups in total. The lowest BCUT2D eigenvalue weighted by Crippen LogP contribution is -2.38. The summed E-state index contributed by atoms with van der Waals surface area (Å²) in [6, 6.07) is 11.7. The lowest BCUT2D eigenvalue weighted by molar-refractivity contribution is -0.123. The number of aryl methyl sites for hydroxylation is 1. The number of nitrogens with zero attached hydrogens (tertiary/aromatic N) is 7. The summed E-state index contributed by atoms with van der Waals surface area (Å²) in [5, 5.41) is 10.8. The Bertz CT molecular complexity index is 3210. The summed E-state index contributed by atoms with van der Waals surface area (Å²) in [6.45, 7) is -0.993. The zero-order valence-corrected chi connectivity index (χ0v) is 34.6. The summed E-state index contributed by atoms with van der Waals surface area (Å²) in [7, 11) is -1.03. The van der Waals surface area contributed by atoms with Crippen molar-refractivity contribution in [2.24, 2.45) is 13.0 Å². The molecule has 326 valence electrons. The van der Waals surface area contributed by atoms with Gasteiger partial charge in [-0.05, 0) is 66.4 Å². The Balaban J connectivity index is 1.27. The third-order valence-electron chi connectivity index (χ3n) is 11.1. The predicted molar refractivity (Wildman–Crippen MR) is 218 cm³/mol. The van der Waals surface area contributed by atoms with Gasteiger partial charge in [0, 0.05) is 42.8 Å². The number of halogens is 7. The van der Waals surface area contributed by atoms with Crippen LogP contribution in [-0.2, 0) is 40.8 Å². The number of pyridine rings is 1. The van der Waals surface area contributed by atoms with Crippen molar-refractivity contribution in [2.75, 3.05) is 18.1 Å². The molecular formula is C41H32ClF6N9O5S. The van der Waals surface area contributed by atoms with Gasteiger partial charge in [0.25, 0.3) is 17.9 Å². The quantitative estimate of drug-likeness (QED) is 0.122. The molecule has 0 radical (unpaired) electrons. The molecule has 1 saturated carbocycles. The highest BCUT2D eigenvalue weighted by Crippen LogP contribution is 2.68. The minimum Gasteiger partial charge on any atom is -0.494 e. The minimum atomic E-state index is -3.92. The molecule has 9 rings (SSSR count). The highest BCUT2D eigenvalue weighted by Gasteiger charge is 2.67. The number of rotatable bonds is 12. The third kappa shape index (κ3) is 7.31. The number of nitrogens with one attached hydrogen (secondary N) is 2. The number of ether oxygens (including phenoxy) is 1. The van der Waals surface area contributed by atoms with E-state index in [4.69, 9.17) is 21.3 Å². The fraction of sp³-hybridized carbons (Fsp3) is 0.268. The number of hydrogen-bond acceptors (Lipinski definition) is 9. The van der Waals surface area contributed by atoms with Crippen LogP contribution in [0, 0.1) is 17.6 Å². The molecule has 2 aliphatic carbocycles. The van der Waals surface area contributed by atoms with Crippen molar-refractivity contribution in [1.29, 1.82) is 0 Å². The van der Waals surface area contributed by atoms with Gasteiger partial charge >= 0.3 is 0 Å². The lowest BCUT2D eigenvalue weighted by atomic mass is 10.0. The first-order valence-electron chi connectivity index (χ1n) is 19.1. The third-order valence-corrected chi connectivity index (χ3v) is 11.9. The summed E-state index contributed by atoms with van der Waals surface area (Å²) in [6.07, 6.45) is -1.28. The Morgan fingerprint density at radius 1 is 1.06 bits per heavy atom. The molecular weight excluding hydrogens is 880 g/mol. The average Bonchev–Trinajstić information content (AvgIpc) is 3.75. The van der Waals surface area contributed by atoms with Crippen LogP contribution in [0.1, 0.15) is 53.1 Å². The van der Waals surface area contributed by atoms with Gasteiger partial charge in [0.15, 0.2) is 5.82 Å². The molecule has 14 nitrogen and oxygen atoms in total. The molecule has 4 heterocycles. The molecule has 0 saturated heterocycles. The highest BCUT2D eigenvalue weighted by molar-refractivity contribution is 7.92. The Morgan fingerprint density at radius 2 is 1.81 bits per heavy atom. The maximum atomic E-state index is 15.5. The van der Waals surface area contributed by atoms with E-state index in [0.29, 0.717) is 27.8 Å². The van der Waals surface area contributed by atoms with Crippen LogP contribution >= 0.6 is 11.6 Å². The van der Waals surface area contributed by atoms with Gasteiger partial charge in [0.2, 0.25) is 15.9 Å². The van der Waals surface area contributed by atoms with E-state index >= 15 is 13.6 Å². The summed E-state index contributed by atoms with van der Waals surface area (Å²) < 4.78 is 124. The zero-order valence-electron chi connectivity index (χ0n) is 33.0. The second-order valence-electron chi connectivity index (χ2n) is 15.3. The highest BCUT2D eigenvalue weighted by atomic mass is 35.5. The normalized spacial score (nSPS) is 16.9. The second kappa shape index (κ2) is 15.1. The van der Waals surface area contributed by atoms with Gasteiger partial charge in [0.1, 0.15) is 46.8 Å². The van der Waals surface area contributed by atoms with Gasteiger partial charge in [-0.15, -0.1) is 0 Å². The molecule has 0 unspecified atom stereocenters. The molecule has 3 atom stereocenters. The van der Waals surface area contributed by atoms with E-state index in [-0.39, 0.29) is 61.7 Å². The number of aromatic nitrogens is 7. The topological polar surface area (TPSA) is 168 Å². The van der Waals surface area contributed by atoms with E-state index in [1.54, 1.807) is 18.2 Å². The van der Waals surface area contributed by atoms with Crippen molar-refractivity contribution in [2.45, 2.75) is 43.7 Å². The summed E-state index contributed by atoms with van der Waals surface area (Å²) in [5.41, 5.74) is -1.78. The van der Waals surface area contributed by atoms with Crippen molar-refractivity contribution in [3.8, 4) is 22.7 Å². The fourth-order valence-electron chi connectivity index (χ4n) is 8.50. The smallest absolute Gasteiger partial charge is 0.293 e. The van der Waals surface area contributed by atoms with Crippen molar-refractivity contribution in [3.63, 3.8) is 0 Å². The number of carbonyl (C=O) groups excluding carboxylic acids is 1. The van der Waals surface area contributed by atoms with Gasteiger partial charge in [-0.3, -0.25) is 33.2 Å². The molecule has 1 amide bonds. The summed E-state index contributed by atoms with van der Waals surface area (Å²) >= 11 is 6.63. The maximum absolute atomic E-state index is 15.5. The molecule has 2 aliphatic rings. The first kappa shape index (κ1) is 41.9. The number of fused-ring (bicyclic) bond motifs is 5. The van der Waals surface area contributed by atoms with Crippen LogP contribution in [0.2, 0.25) is 5.02 Å². The van der Waals surface area contributed by atoms with Crippen LogP contribution in [0.15, 0.2) is 71.7 Å². The predicted octanol–water partition coefficient (Wildman–Crippen LogP) is 7.09. The number of carbonyl (C=O) groups is 1. The van der Waals surface area contributed by atoms with Crippen LogP contribution in [0.25, 0.3) is 38.8 Å². The average molecular weight is 912 g/mol. The van der Waals surface area contributed by atoms with Crippen LogP contribution < -0.4 is 20.3 Å². The van der Waals surface area contributed by atoms with Crippen LogP contribution in [-0.4, -0.2) is 61.8 Å². The Labute approximate surface area is 357 Å². The molecule has 22 heteroatoms. The number of benzene rings is 3. The molecule has 0 bridgehead atoms. The van der Waals surface area contributed by atoms with Crippen molar-refractivity contribution in [3.05, 3.63) is 122 Å². The van der Waals surface area contributed by atoms with Gasteiger partial charge in [0.05, 0.1) is 51.9 Å². The van der Waals surface area contributed by atoms with Crippen LogP contribution in [0.3, 0.4) is 0 Å².